The lowest BCUT2D eigenvalue weighted by atomic mass is 9.91. The second-order valence-electron chi connectivity index (χ2n) is 6.68. The first-order chi connectivity index (χ1) is 13.6. The molecule has 4 rings (SSSR count). The average Bonchev–Trinajstić information content (AvgIpc) is 3.22. The number of benzene rings is 2. The Morgan fingerprint density at radius 1 is 1.18 bits per heavy atom. The molecule has 0 radical (unpaired) electrons. The average molecular weight is 397 g/mol. The van der Waals surface area contributed by atoms with E-state index in [4.69, 9.17) is 16.3 Å². The fraction of sp³-hybridized carbons (Fsp3) is 0.286. The van der Waals surface area contributed by atoms with Gasteiger partial charge in [-0.05, 0) is 30.2 Å². The molecule has 0 N–H and O–H groups in total. The number of nitrogens with zero attached hydrogens (tertiary/aromatic N) is 4. The quantitative estimate of drug-likeness (QED) is 0.655. The van der Waals surface area contributed by atoms with Crippen LogP contribution in [0.4, 0.5) is 5.95 Å². The molecule has 0 fully saturated rings. The smallest absolute Gasteiger partial charge is 0.231 e. The number of aromatic nitrogens is 3. The van der Waals surface area contributed by atoms with E-state index in [1.807, 2.05) is 60.1 Å². The van der Waals surface area contributed by atoms with Crippen LogP contribution in [0.5, 0.6) is 5.75 Å². The highest BCUT2D eigenvalue weighted by molar-refractivity contribution is 6.30. The van der Waals surface area contributed by atoms with E-state index < -0.39 is 0 Å². The fourth-order valence-electron chi connectivity index (χ4n) is 3.82. The lowest BCUT2D eigenvalue weighted by molar-refractivity contribution is -0.119. The summed E-state index contributed by atoms with van der Waals surface area (Å²) in [4.78, 5) is 19.0. The maximum Gasteiger partial charge on any atom is 0.231 e. The summed E-state index contributed by atoms with van der Waals surface area (Å²) in [6, 6.07) is 15.3. The van der Waals surface area contributed by atoms with Crippen molar-refractivity contribution >= 4 is 23.5 Å². The predicted molar refractivity (Wildman–Crippen MR) is 108 cm³/mol. The molecule has 0 spiro atoms. The molecular formula is C21H21ClN4O2. The van der Waals surface area contributed by atoms with Crippen LogP contribution in [0.1, 0.15) is 43.0 Å². The van der Waals surface area contributed by atoms with E-state index in [0.717, 1.165) is 16.9 Å². The molecule has 2 atom stereocenters. The van der Waals surface area contributed by atoms with Crippen LogP contribution in [0.15, 0.2) is 54.9 Å². The third kappa shape index (κ3) is 3.14. The fourth-order valence-corrected chi connectivity index (χ4v) is 3.94. The minimum absolute atomic E-state index is 0.00711. The molecule has 0 saturated carbocycles. The maximum absolute atomic E-state index is 12.8. The van der Waals surface area contributed by atoms with E-state index in [1.165, 1.54) is 6.33 Å². The standard InChI is InChI=1S/C21H21ClN4O2/c1-3-20(27)25-17(14-8-10-15(22)11-9-14)12-18(26-21(25)23-13-24-26)16-6-4-5-7-19(16)28-2/h4-11,13,17-18H,3,12H2,1-2H3/t17-,18-/m1/s1. The minimum atomic E-state index is -0.170. The van der Waals surface area contributed by atoms with Crippen molar-refractivity contribution in [1.29, 1.82) is 0 Å². The van der Waals surface area contributed by atoms with Gasteiger partial charge in [-0.3, -0.25) is 9.69 Å². The summed E-state index contributed by atoms with van der Waals surface area (Å²) >= 11 is 6.08. The molecule has 0 bridgehead atoms. The first kappa shape index (κ1) is 18.5. The molecular weight excluding hydrogens is 376 g/mol. The Morgan fingerprint density at radius 2 is 1.93 bits per heavy atom. The van der Waals surface area contributed by atoms with E-state index in [0.29, 0.717) is 23.8 Å². The lowest BCUT2D eigenvalue weighted by Gasteiger charge is -2.39. The van der Waals surface area contributed by atoms with Gasteiger partial charge in [0.25, 0.3) is 0 Å². The Kier molecular flexibility index (Phi) is 5.05. The van der Waals surface area contributed by atoms with Crippen molar-refractivity contribution in [1.82, 2.24) is 14.8 Å². The molecule has 2 heterocycles. The lowest BCUT2D eigenvalue weighted by Crippen LogP contribution is -2.42. The van der Waals surface area contributed by atoms with Crippen LogP contribution in [0, 0.1) is 0 Å². The van der Waals surface area contributed by atoms with E-state index in [9.17, 15) is 4.79 Å². The van der Waals surface area contributed by atoms with Gasteiger partial charge in [-0.1, -0.05) is 48.9 Å². The third-order valence-corrected chi connectivity index (χ3v) is 5.40. The molecule has 0 unspecified atom stereocenters. The van der Waals surface area contributed by atoms with Crippen LogP contribution >= 0.6 is 11.6 Å². The van der Waals surface area contributed by atoms with Gasteiger partial charge in [0.05, 0.1) is 19.2 Å². The van der Waals surface area contributed by atoms with Gasteiger partial charge >= 0.3 is 0 Å². The molecule has 2 aromatic carbocycles. The van der Waals surface area contributed by atoms with Crippen LogP contribution < -0.4 is 9.64 Å². The summed E-state index contributed by atoms with van der Waals surface area (Å²) in [5.74, 6) is 1.35. The Labute approximate surface area is 168 Å². The second kappa shape index (κ2) is 7.64. The van der Waals surface area contributed by atoms with Gasteiger partial charge in [0.1, 0.15) is 12.1 Å². The first-order valence-electron chi connectivity index (χ1n) is 9.24. The van der Waals surface area contributed by atoms with Crippen molar-refractivity contribution in [2.45, 2.75) is 31.8 Å². The van der Waals surface area contributed by atoms with Crippen LogP contribution in [-0.2, 0) is 4.79 Å². The summed E-state index contributed by atoms with van der Waals surface area (Å²) in [5.41, 5.74) is 2.03. The topological polar surface area (TPSA) is 60.2 Å². The Balaban J connectivity index is 1.86. The summed E-state index contributed by atoms with van der Waals surface area (Å²) < 4.78 is 7.40. The molecule has 3 aromatic rings. The maximum atomic E-state index is 12.8. The number of methoxy groups -OCH3 is 1. The van der Waals surface area contributed by atoms with Gasteiger partial charge < -0.3 is 4.74 Å². The molecule has 6 nitrogen and oxygen atoms in total. The second-order valence-corrected chi connectivity index (χ2v) is 7.12. The van der Waals surface area contributed by atoms with Gasteiger partial charge in [0, 0.05) is 17.0 Å². The van der Waals surface area contributed by atoms with E-state index in [-0.39, 0.29) is 18.0 Å². The summed E-state index contributed by atoms with van der Waals surface area (Å²) in [7, 11) is 1.66. The molecule has 7 heteroatoms. The number of fused-ring (bicyclic) bond motifs is 1. The Hall–Kier alpha value is -2.86. The number of anilines is 1. The minimum Gasteiger partial charge on any atom is -0.496 e. The highest BCUT2D eigenvalue weighted by atomic mass is 35.5. The van der Waals surface area contributed by atoms with Crippen LogP contribution in [-0.4, -0.2) is 27.8 Å². The zero-order chi connectivity index (χ0) is 19.7. The predicted octanol–water partition coefficient (Wildman–Crippen LogP) is 4.42. The number of amides is 1. The van der Waals surface area contributed by atoms with Crippen LogP contribution in [0.2, 0.25) is 5.02 Å². The number of rotatable bonds is 4. The van der Waals surface area contributed by atoms with E-state index >= 15 is 0 Å². The van der Waals surface area contributed by atoms with Gasteiger partial charge in [-0.2, -0.15) is 10.1 Å². The van der Waals surface area contributed by atoms with Crippen LogP contribution in [0.25, 0.3) is 0 Å². The number of para-hydroxylation sites is 1. The number of halogens is 1. The summed E-state index contributed by atoms with van der Waals surface area (Å²) in [5, 5.41) is 5.10. The van der Waals surface area contributed by atoms with E-state index in [1.54, 1.807) is 12.0 Å². The Bertz CT molecular complexity index is 986. The van der Waals surface area contributed by atoms with Crippen molar-refractivity contribution < 1.29 is 9.53 Å². The SMILES string of the molecule is CCC(=O)N1c2ncnn2[C@@H](c2ccccc2OC)C[C@@H]1c1ccc(Cl)cc1. The third-order valence-electron chi connectivity index (χ3n) is 5.15. The first-order valence-corrected chi connectivity index (χ1v) is 9.61. The van der Waals surface area contributed by atoms with Gasteiger partial charge in [-0.25, -0.2) is 4.68 Å². The zero-order valence-corrected chi connectivity index (χ0v) is 16.5. The molecule has 0 aliphatic carbocycles. The zero-order valence-electron chi connectivity index (χ0n) is 15.7. The Morgan fingerprint density at radius 3 is 2.64 bits per heavy atom. The molecule has 1 amide bonds. The summed E-state index contributed by atoms with van der Waals surface area (Å²) in [6.45, 7) is 1.86. The van der Waals surface area contributed by atoms with Crippen molar-refractivity contribution in [3.63, 3.8) is 0 Å². The largest absolute Gasteiger partial charge is 0.496 e. The molecule has 1 aliphatic rings. The number of carbonyl (C=O) groups is 1. The van der Waals surface area contributed by atoms with Crippen molar-refractivity contribution in [2.75, 3.05) is 12.0 Å². The number of ether oxygens (including phenoxy) is 1. The van der Waals surface area contributed by atoms with Crippen molar-refractivity contribution in [3.8, 4) is 5.75 Å². The van der Waals surface area contributed by atoms with E-state index in [2.05, 4.69) is 10.1 Å². The molecule has 28 heavy (non-hydrogen) atoms. The van der Waals surface area contributed by atoms with Crippen LogP contribution in [0.3, 0.4) is 0 Å². The number of carbonyl (C=O) groups excluding carboxylic acids is 1. The molecule has 144 valence electrons. The normalized spacial score (nSPS) is 18.6. The van der Waals surface area contributed by atoms with Gasteiger partial charge in [0.2, 0.25) is 11.9 Å². The van der Waals surface area contributed by atoms with Crippen molar-refractivity contribution in [3.05, 3.63) is 71.0 Å². The summed E-state index contributed by atoms with van der Waals surface area (Å²) in [6.07, 6.45) is 2.54. The monoisotopic (exact) mass is 396 g/mol. The molecule has 0 saturated heterocycles. The highest BCUT2D eigenvalue weighted by Crippen LogP contribution is 2.44. The highest BCUT2D eigenvalue weighted by Gasteiger charge is 2.39. The molecule has 1 aromatic heterocycles. The van der Waals surface area contributed by atoms with Gasteiger partial charge in [-0.15, -0.1) is 0 Å². The molecule has 1 aliphatic heterocycles. The number of hydrogen-bond acceptors (Lipinski definition) is 4. The number of hydrogen-bond donors (Lipinski definition) is 0. The van der Waals surface area contributed by atoms with Crippen molar-refractivity contribution in [2.24, 2.45) is 0 Å². The van der Waals surface area contributed by atoms with Gasteiger partial charge in [0.15, 0.2) is 0 Å².